The summed E-state index contributed by atoms with van der Waals surface area (Å²) in [5.41, 5.74) is 0.980. The molecule has 0 radical (unpaired) electrons. The highest BCUT2D eigenvalue weighted by molar-refractivity contribution is 5.79. The van der Waals surface area contributed by atoms with E-state index in [0.717, 1.165) is 5.69 Å². The predicted molar refractivity (Wildman–Crippen MR) is 46.1 cm³/mol. The molecule has 0 spiro atoms. The Morgan fingerprint density at radius 2 is 2.54 bits per heavy atom. The molecule has 1 atom stereocenters. The van der Waals surface area contributed by atoms with Gasteiger partial charge >= 0.3 is 0 Å². The Morgan fingerprint density at radius 3 is 3.15 bits per heavy atom. The zero-order valence-corrected chi connectivity index (χ0v) is 7.56. The van der Waals surface area contributed by atoms with Crippen molar-refractivity contribution < 1.29 is 9.53 Å². The largest absolute Gasteiger partial charge is 0.371 e. The third-order valence-electron chi connectivity index (χ3n) is 2.30. The Bertz CT molecular complexity index is 319. The first-order valence-electron chi connectivity index (χ1n) is 4.38. The maximum Gasteiger partial charge on any atom is 0.138 e. The molecular formula is C9H12N2O2. The van der Waals surface area contributed by atoms with Crippen LogP contribution in [0.5, 0.6) is 0 Å². The fourth-order valence-corrected chi connectivity index (χ4v) is 1.57. The second kappa shape index (κ2) is 3.30. The van der Waals surface area contributed by atoms with Gasteiger partial charge in [0.15, 0.2) is 0 Å². The summed E-state index contributed by atoms with van der Waals surface area (Å²) in [6, 6.07) is 1.89. The number of Topliss-reactive ketones (excluding diaryl/α,β-unsaturated/α-hetero) is 1. The van der Waals surface area contributed by atoms with Crippen LogP contribution in [0, 0.1) is 0 Å². The number of ketones is 1. The number of nitrogens with zero attached hydrogens (tertiary/aromatic N) is 2. The molecule has 1 unspecified atom stereocenters. The van der Waals surface area contributed by atoms with E-state index in [4.69, 9.17) is 4.74 Å². The average molecular weight is 180 g/mol. The van der Waals surface area contributed by atoms with Gasteiger partial charge in [-0.3, -0.25) is 9.48 Å². The molecule has 4 heteroatoms. The lowest BCUT2D eigenvalue weighted by Gasteiger charge is -2.21. The first-order chi connectivity index (χ1) is 6.27. The van der Waals surface area contributed by atoms with Crippen LogP contribution in [-0.4, -0.2) is 22.2 Å². The second-order valence-corrected chi connectivity index (χ2v) is 3.23. The molecule has 70 valence electrons. The maximum absolute atomic E-state index is 11.2. The van der Waals surface area contributed by atoms with Gasteiger partial charge in [0.25, 0.3) is 0 Å². The number of rotatable bonds is 1. The highest BCUT2D eigenvalue weighted by Crippen LogP contribution is 2.24. The normalized spacial score (nSPS) is 23.5. The van der Waals surface area contributed by atoms with Gasteiger partial charge in [-0.15, -0.1) is 0 Å². The van der Waals surface area contributed by atoms with Crippen LogP contribution >= 0.6 is 0 Å². The third-order valence-corrected chi connectivity index (χ3v) is 2.30. The average Bonchev–Trinajstić information content (AvgIpc) is 2.51. The molecule has 1 aliphatic rings. The van der Waals surface area contributed by atoms with E-state index in [9.17, 15) is 4.79 Å². The Morgan fingerprint density at radius 1 is 1.69 bits per heavy atom. The van der Waals surface area contributed by atoms with E-state index in [2.05, 4.69) is 5.10 Å². The zero-order valence-electron chi connectivity index (χ0n) is 7.56. The minimum atomic E-state index is -0.0891. The molecule has 0 aromatic carbocycles. The highest BCUT2D eigenvalue weighted by atomic mass is 16.5. The SMILES string of the molecule is Cn1nccc1C1CC(=O)CCO1. The first kappa shape index (κ1) is 8.44. The number of aromatic nitrogens is 2. The van der Waals surface area contributed by atoms with Gasteiger partial charge in [0.05, 0.1) is 12.3 Å². The van der Waals surface area contributed by atoms with Crippen molar-refractivity contribution in [3.05, 3.63) is 18.0 Å². The molecule has 13 heavy (non-hydrogen) atoms. The molecule has 4 nitrogen and oxygen atoms in total. The molecule has 1 aromatic rings. The molecule has 0 amide bonds. The van der Waals surface area contributed by atoms with Crippen LogP contribution in [0.2, 0.25) is 0 Å². The van der Waals surface area contributed by atoms with Gasteiger partial charge in [-0.2, -0.15) is 5.10 Å². The van der Waals surface area contributed by atoms with Crippen molar-refractivity contribution in [3.63, 3.8) is 0 Å². The summed E-state index contributed by atoms with van der Waals surface area (Å²) >= 11 is 0. The summed E-state index contributed by atoms with van der Waals surface area (Å²) in [7, 11) is 1.86. The van der Waals surface area contributed by atoms with Crippen molar-refractivity contribution in [2.45, 2.75) is 18.9 Å². The van der Waals surface area contributed by atoms with Gasteiger partial charge in [-0.25, -0.2) is 0 Å². The van der Waals surface area contributed by atoms with Gasteiger partial charge in [0, 0.05) is 26.1 Å². The molecule has 2 heterocycles. The van der Waals surface area contributed by atoms with Crippen molar-refractivity contribution in [3.8, 4) is 0 Å². The maximum atomic E-state index is 11.2. The molecule has 0 saturated carbocycles. The van der Waals surface area contributed by atoms with Crippen molar-refractivity contribution in [2.24, 2.45) is 7.05 Å². The van der Waals surface area contributed by atoms with Crippen LogP contribution in [0.4, 0.5) is 0 Å². The minimum absolute atomic E-state index is 0.0891. The molecule has 1 aliphatic heterocycles. The molecule has 0 bridgehead atoms. The summed E-state index contributed by atoms with van der Waals surface area (Å²) in [4.78, 5) is 11.2. The Kier molecular flexibility index (Phi) is 2.14. The van der Waals surface area contributed by atoms with E-state index in [0.29, 0.717) is 19.4 Å². The fraction of sp³-hybridized carbons (Fsp3) is 0.556. The van der Waals surface area contributed by atoms with Crippen LogP contribution in [-0.2, 0) is 16.6 Å². The van der Waals surface area contributed by atoms with E-state index in [-0.39, 0.29) is 11.9 Å². The van der Waals surface area contributed by atoms with Crippen LogP contribution < -0.4 is 0 Å². The molecule has 1 saturated heterocycles. The standard InChI is InChI=1S/C9H12N2O2/c1-11-8(2-4-10-11)9-6-7(12)3-5-13-9/h2,4,9H,3,5-6H2,1H3. The van der Waals surface area contributed by atoms with E-state index in [1.807, 2.05) is 13.1 Å². The minimum Gasteiger partial charge on any atom is -0.371 e. The number of aryl methyl sites for hydroxylation is 1. The van der Waals surface area contributed by atoms with E-state index in [1.54, 1.807) is 10.9 Å². The van der Waals surface area contributed by atoms with Crippen molar-refractivity contribution in [2.75, 3.05) is 6.61 Å². The summed E-state index contributed by atoms with van der Waals surface area (Å²) in [5, 5.41) is 4.04. The molecule has 2 rings (SSSR count). The van der Waals surface area contributed by atoms with E-state index < -0.39 is 0 Å². The van der Waals surface area contributed by atoms with Crippen molar-refractivity contribution in [1.82, 2.24) is 9.78 Å². The zero-order chi connectivity index (χ0) is 9.26. The van der Waals surface area contributed by atoms with Gasteiger partial charge in [-0.05, 0) is 6.07 Å². The lowest BCUT2D eigenvalue weighted by atomic mass is 10.1. The first-order valence-corrected chi connectivity index (χ1v) is 4.38. The highest BCUT2D eigenvalue weighted by Gasteiger charge is 2.23. The Labute approximate surface area is 76.5 Å². The molecular weight excluding hydrogens is 168 g/mol. The quantitative estimate of drug-likeness (QED) is 0.643. The van der Waals surface area contributed by atoms with Gasteiger partial charge < -0.3 is 4.74 Å². The van der Waals surface area contributed by atoms with Gasteiger partial charge in [0.1, 0.15) is 11.9 Å². The molecule has 0 N–H and O–H groups in total. The Balaban J connectivity index is 2.17. The molecule has 0 aliphatic carbocycles. The van der Waals surface area contributed by atoms with Crippen molar-refractivity contribution >= 4 is 5.78 Å². The van der Waals surface area contributed by atoms with Gasteiger partial charge in [0.2, 0.25) is 0 Å². The summed E-state index contributed by atoms with van der Waals surface area (Å²) in [6.45, 7) is 0.536. The van der Waals surface area contributed by atoms with Gasteiger partial charge in [-0.1, -0.05) is 0 Å². The van der Waals surface area contributed by atoms with Crippen LogP contribution in [0.3, 0.4) is 0 Å². The smallest absolute Gasteiger partial charge is 0.138 e. The second-order valence-electron chi connectivity index (χ2n) is 3.23. The van der Waals surface area contributed by atoms with E-state index >= 15 is 0 Å². The van der Waals surface area contributed by atoms with Crippen molar-refractivity contribution in [1.29, 1.82) is 0 Å². The number of hydrogen-bond donors (Lipinski definition) is 0. The number of hydrogen-bond acceptors (Lipinski definition) is 3. The Hall–Kier alpha value is -1.16. The summed E-state index contributed by atoms with van der Waals surface area (Å²) < 4.78 is 7.25. The topological polar surface area (TPSA) is 44.1 Å². The van der Waals surface area contributed by atoms with Crippen LogP contribution in [0.1, 0.15) is 24.6 Å². The molecule has 1 fully saturated rings. The van der Waals surface area contributed by atoms with Crippen LogP contribution in [0.25, 0.3) is 0 Å². The summed E-state index contributed by atoms with van der Waals surface area (Å²) in [6.07, 6.45) is 2.67. The third kappa shape index (κ3) is 1.62. The van der Waals surface area contributed by atoms with E-state index in [1.165, 1.54) is 0 Å². The number of carbonyl (C=O) groups is 1. The van der Waals surface area contributed by atoms with Crippen LogP contribution in [0.15, 0.2) is 12.3 Å². The number of ether oxygens (including phenoxy) is 1. The fourth-order valence-electron chi connectivity index (χ4n) is 1.57. The molecule has 1 aromatic heterocycles. The summed E-state index contributed by atoms with van der Waals surface area (Å²) in [5.74, 6) is 0.275. The number of carbonyl (C=O) groups excluding carboxylic acids is 1. The monoisotopic (exact) mass is 180 g/mol. The lowest BCUT2D eigenvalue weighted by molar-refractivity contribution is -0.129. The lowest BCUT2D eigenvalue weighted by Crippen LogP contribution is -2.21. The predicted octanol–water partition coefficient (Wildman–Crippen LogP) is 0.841.